The number of rotatable bonds is 3. The smallest absolute Gasteiger partial charge is 0.150 e. The largest absolute Gasteiger partial charge is 0.298 e. The molecule has 4 aromatic rings. The molecular weight excluding hydrogens is 377 g/mol. The molecule has 28 heavy (non-hydrogen) atoms. The van der Waals surface area contributed by atoms with E-state index >= 15 is 0 Å². The Kier molecular flexibility index (Phi) is 4.42. The molecule has 0 spiro atoms. The van der Waals surface area contributed by atoms with Crippen molar-refractivity contribution >= 4 is 28.8 Å². The Labute approximate surface area is 165 Å². The van der Waals surface area contributed by atoms with Crippen molar-refractivity contribution in [1.29, 1.82) is 5.26 Å². The second-order valence-corrected chi connectivity index (χ2v) is 6.73. The fourth-order valence-electron chi connectivity index (χ4n) is 3.23. The molecular formula is C22H13ClFN3O. The third kappa shape index (κ3) is 2.94. The zero-order valence-corrected chi connectivity index (χ0v) is 15.5. The van der Waals surface area contributed by atoms with Gasteiger partial charge in [-0.05, 0) is 52.6 Å². The summed E-state index contributed by atoms with van der Waals surface area (Å²) in [6.07, 6.45) is 0.745. The molecule has 136 valence electrons. The minimum absolute atomic E-state index is 0.0274. The second kappa shape index (κ2) is 6.91. The zero-order chi connectivity index (χ0) is 19.8. The highest BCUT2D eigenvalue weighted by Crippen LogP contribution is 2.36. The lowest BCUT2D eigenvalue weighted by Crippen LogP contribution is -1.91. The Morgan fingerprint density at radius 2 is 1.82 bits per heavy atom. The number of aldehydes is 1. The summed E-state index contributed by atoms with van der Waals surface area (Å²) in [7, 11) is 1.77. The van der Waals surface area contributed by atoms with E-state index in [1.165, 1.54) is 12.1 Å². The number of hydrogen-bond donors (Lipinski definition) is 0. The van der Waals surface area contributed by atoms with Crippen LogP contribution in [0.4, 0.5) is 4.39 Å². The highest BCUT2D eigenvalue weighted by molar-refractivity contribution is 6.34. The van der Waals surface area contributed by atoms with Crippen LogP contribution in [0.15, 0.2) is 54.6 Å². The number of nitriles is 1. The molecule has 6 heteroatoms. The van der Waals surface area contributed by atoms with Gasteiger partial charge in [-0.25, -0.2) is 4.39 Å². The maximum Gasteiger partial charge on any atom is 0.150 e. The topological polar surface area (TPSA) is 58.7 Å². The standard InChI is InChI=1S/C22H13ClFN3O/c1-27-22(23)19-9-14(5-7-21(19)26-27)17-6-2-13(12-28)8-18(17)15-3-4-16(11-25)20(24)10-15/h2-10,12H,1H3. The molecule has 0 amide bonds. The number of fused-ring (bicyclic) bond motifs is 1. The van der Waals surface area contributed by atoms with Crippen molar-refractivity contribution in [3.63, 3.8) is 0 Å². The number of carbonyl (C=O) groups is 1. The van der Waals surface area contributed by atoms with Crippen molar-refractivity contribution in [2.75, 3.05) is 0 Å². The maximum absolute atomic E-state index is 14.2. The first-order chi connectivity index (χ1) is 13.5. The van der Waals surface area contributed by atoms with Gasteiger partial charge < -0.3 is 0 Å². The van der Waals surface area contributed by atoms with Gasteiger partial charge in [0, 0.05) is 18.0 Å². The predicted octanol–water partition coefficient (Wildman–Crippen LogP) is 5.38. The zero-order valence-electron chi connectivity index (χ0n) is 14.8. The average molecular weight is 390 g/mol. The average Bonchev–Trinajstić information content (AvgIpc) is 3.00. The molecule has 0 unspecified atom stereocenters. The Morgan fingerprint density at radius 3 is 2.54 bits per heavy atom. The first-order valence-corrected chi connectivity index (χ1v) is 8.81. The third-order valence-electron chi connectivity index (χ3n) is 4.65. The van der Waals surface area contributed by atoms with E-state index in [4.69, 9.17) is 16.9 Å². The van der Waals surface area contributed by atoms with Gasteiger partial charge in [0.1, 0.15) is 23.3 Å². The van der Waals surface area contributed by atoms with Gasteiger partial charge in [0.05, 0.1) is 11.1 Å². The molecule has 1 aromatic heterocycles. The highest BCUT2D eigenvalue weighted by Gasteiger charge is 2.14. The van der Waals surface area contributed by atoms with E-state index in [1.54, 1.807) is 29.9 Å². The van der Waals surface area contributed by atoms with Gasteiger partial charge >= 0.3 is 0 Å². The van der Waals surface area contributed by atoms with Gasteiger partial charge in [-0.2, -0.15) is 10.4 Å². The van der Waals surface area contributed by atoms with Crippen LogP contribution in [0.25, 0.3) is 33.2 Å². The van der Waals surface area contributed by atoms with E-state index in [-0.39, 0.29) is 5.56 Å². The van der Waals surface area contributed by atoms with Gasteiger partial charge in [-0.3, -0.25) is 9.48 Å². The SMILES string of the molecule is Cn1nc2ccc(-c3ccc(C=O)cc3-c3ccc(C#N)c(F)c3)cc2c1Cl. The van der Waals surface area contributed by atoms with Crippen LogP contribution in [0.3, 0.4) is 0 Å². The third-order valence-corrected chi connectivity index (χ3v) is 5.10. The van der Waals surface area contributed by atoms with Crippen molar-refractivity contribution in [1.82, 2.24) is 9.78 Å². The van der Waals surface area contributed by atoms with E-state index in [9.17, 15) is 9.18 Å². The summed E-state index contributed by atoms with van der Waals surface area (Å²) in [6, 6.07) is 17.2. The van der Waals surface area contributed by atoms with Gasteiger partial charge in [0.2, 0.25) is 0 Å². The van der Waals surface area contributed by atoms with Gasteiger partial charge in [0.15, 0.2) is 0 Å². The fourth-order valence-corrected chi connectivity index (χ4v) is 3.42. The fraction of sp³-hybridized carbons (Fsp3) is 0.0455. The second-order valence-electron chi connectivity index (χ2n) is 6.38. The van der Waals surface area contributed by atoms with Crippen LogP contribution in [-0.2, 0) is 7.05 Å². The Bertz CT molecular complexity index is 1290. The van der Waals surface area contributed by atoms with Crippen LogP contribution in [0.2, 0.25) is 5.15 Å². The number of benzene rings is 3. The van der Waals surface area contributed by atoms with Crippen molar-refractivity contribution in [3.05, 3.63) is 76.7 Å². The molecule has 4 rings (SSSR count). The number of carbonyl (C=O) groups excluding carboxylic acids is 1. The molecule has 0 aliphatic heterocycles. The summed E-state index contributed by atoms with van der Waals surface area (Å²) in [4.78, 5) is 11.3. The molecule has 0 fully saturated rings. The summed E-state index contributed by atoms with van der Waals surface area (Å²) in [6.45, 7) is 0. The molecule has 0 atom stereocenters. The van der Waals surface area contributed by atoms with Crippen LogP contribution in [0.5, 0.6) is 0 Å². The van der Waals surface area contributed by atoms with Crippen LogP contribution >= 0.6 is 11.6 Å². The lowest BCUT2D eigenvalue weighted by atomic mass is 9.92. The summed E-state index contributed by atoms with van der Waals surface area (Å²) in [5.41, 5.74) is 4.16. The molecule has 0 aliphatic rings. The molecule has 0 N–H and O–H groups in total. The molecule has 3 aromatic carbocycles. The first-order valence-electron chi connectivity index (χ1n) is 8.43. The summed E-state index contributed by atoms with van der Waals surface area (Å²) >= 11 is 6.33. The summed E-state index contributed by atoms with van der Waals surface area (Å²) in [5, 5.41) is 14.6. The van der Waals surface area contributed by atoms with Crippen molar-refractivity contribution in [2.45, 2.75) is 0 Å². The van der Waals surface area contributed by atoms with Gasteiger partial charge in [0.25, 0.3) is 0 Å². The van der Waals surface area contributed by atoms with Crippen molar-refractivity contribution in [3.8, 4) is 28.3 Å². The lowest BCUT2D eigenvalue weighted by Gasteiger charge is -2.12. The van der Waals surface area contributed by atoms with Crippen molar-refractivity contribution < 1.29 is 9.18 Å². The Balaban J connectivity index is 1.95. The predicted molar refractivity (Wildman–Crippen MR) is 107 cm³/mol. The number of nitrogens with zero attached hydrogens (tertiary/aromatic N) is 3. The number of aryl methyl sites for hydroxylation is 1. The first kappa shape index (κ1) is 17.9. The molecule has 4 nitrogen and oxygen atoms in total. The summed E-state index contributed by atoms with van der Waals surface area (Å²) in [5.74, 6) is -0.604. The van der Waals surface area contributed by atoms with Crippen LogP contribution in [0.1, 0.15) is 15.9 Å². The lowest BCUT2D eigenvalue weighted by molar-refractivity contribution is 0.112. The number of hydrogen-bond acceptors (Lipinski definition) is 3. The molecule has 0 radical (unpaired) electrons. The minimum Gasteiger partial charge on any atom is -0.298 e. The number of aromatic nitrogens is 2. The molecule has 0 bridgehead atoms. The van der Waals surface area contributed by atoms with Crippen LogP contribution < -0.4 is 0 Å². The van der Waals surface area contributed by atoms with E-state index in [2.05, 4.69) is 5.10 Å². The van der Waals surface area contributed by atoms with Crippen LogP contribution in [0, 0.1) is 17.1 Å². The molecule has 0 aliphatic carbocycles. The monoisotopic (exact) mass is 389 g/mol. The quantitative estimate of drug-likeness (QED) is 0.442. The Hall–Kier alpha value is -3.49. The molecule has 0 saturated heterocycles. The van der Waals surface area contributed by atoms with Crippen molar-refractivity contribution in [2.24, 2.45) is 7.05 Å². The Morgan fingerprint density at radius 1 is 1.07 bits per heavy atom. The minimum atomic E-state index is -0.604. The maximum atomic E-state index is 14.2. The normalized spacial score (nSPS) is 10.8. The van der Waals surface area contributed by atoms with E-state index in [0.717, 1.165) is 28.3 Å². The van der Waals surface area contributed by atoms with E-state index in [1.807, 2.05) is 30.3 Å². The van der Waals surface area contributed by atoms with Gasteiger partial charge in [-0.1, -0.05) is 35.9 Å². The highest BCUT2D eigenvalue weighted by atomic mass is 35.5. The van der Waals surface area contributed by atoms with E-state index < -0.39 is 5.82 Å². The molecule has 1 heterocycles. The molecule has 0 saturated carbocycles. The van der Waals surface area contributed by atoms with E-state index in [0.29, 0.717) is 21.8 Å². The van der Waals surface area contributed by atoms with Crippen LogP contribution in [-0.4, -0.2) is 16.1 Å². The van der Waals surface area contributed by atoms with Gasteiger partial charge in [-0.15, -0.1) is 0 Å². The number of halogens is 2. The summed E-state index contributed by atoms with van der Waals surface area (Å²) < 4.78 is 15.8.